The number of hydrogen-bond donors (Lipinski definition) is 0. The summed E-state index contributed by atoms with van der Waals surface area (Å²) in [6.07, 6.45) is 4.62. The molecule has 0 unspecified atom stereocenters. The van der Waals surface area contributed by atoms with Gasteiger partial charge in [0.05, 0.1) is 0 Å². The van der Waals surface area contributed by atoms with E-state index in [1.165, 1.54) is 0 Å². The molecule has 0 saturated heterocycles. The van der Waals surface area contributed by atoms with Gasteiger partial charge in [-0.2, -0.15) is 0 Å². The molecule has 1 aliphatic heterocycles. The first-order valence-corrected chi connectivity index (χ1v) is 6.79. The summed E-state index contributed by atoms with van der Waals surface area (Å²) >= 11 is 0. The molecule has 0 amide bonds. The van der Waals surface area contributed by atoms with Crippen LogP contribution in [0, 0.1) is 5.41 Å². The molecule has 0 saturated carbocycles. The molecular formula is C17H18O3. The van der Waals surface area contributed by atoms with E-state index in [9.17, 15) is 4.79 Å². The molecule has 1 aliphatic carbocycles. The Bertz CT molecular complexity index is 636. The first-order chi connectivity index (χ1) is 9.45. The van der Waals surface area contributed by atoms with Crippen LogP contribution in [0.2, 0.25) is 0 Å². The third kappa shape index (κ3) is 2.24. The standard InChI is InChI=1S/C17H18O3/c1-11-6-14(18)13(17(2,3)9-11)7-12-4-5-15-16(8-12)20-10-19-15/h4-8H,9-10H2,1-3H3. The molecule has 0 fully saturated rings. The van der Waals surface area contributed by atoms with E-state index in [1.807, 2.05) is 31.2 Å². The zero-order valence-electron chi connectivity index (χ0n) is 12.0. The summed E-state index contributed by atoms with van der Waals surface area (Å²) in [6, 6.07) is 5.76. The maximum Gasteiger partial charge on any atom is 0.231 e. The summed E-state index contributed by atoms with van der Waals surface area (Å²) in [5.74, 6) is 1.61. The molecule has 0 radical (unpaired) electrons. The van der Waals surface area contributed by atoms with Crippen LogP contribution in [0.15, 0.2) is 35.4 Å². The van der Waals surface area contributed by atoms with Gasteiger partial charge >= 0.3 is 0 Å². The molecule has 20 heavy (non-hydrogen) atoms. The quantitative estimate of drug-likeness (QED) is 0.729. The summed E-state index contributed by atoms with van der Waals surface area (Å²) in [6.45, 7) is 6.50. The van der Waals surface area contributed by atoms with Crippen molar-refractivity contribution in [3.05, 3.63) is 41.0 Å². The molecule has 3 rings (SSSR count). The summed E-state index contributed by atoms with van der Waals surface area (Å²) < 4.78 is 10.7. The minimum Gasteiger partial charge on any atom is -0.454 e. The Labute approximate surface area is 118 Å². The van der Waals surface area contributed by atoms with Crippen LogP contribution in [-0.2, 0) is 4.79 Å². The van der Waals surface area contributed by atoms with Crippen LogP contribution in [0.4, 0.5) is 0 Å². The van der Waals surface area contributed by atoms with Gasteiger partial charge in [0.1, 0.15) is 0 Å². The average molecular weight is 270 g/mol. The summed E-state index contributed by atoms with van der Waals surface area (Å²) in [4.78, 5) is 12.3. The van der Waals surface area contributed by atoms with Gasteiger partial charge in [-0.1, -0.05) is 25.5 Å². The van der Waals surface area contributed by atoms with Gasteiger partial charge in [0.15, 0.2) is 17.3 Å². The minimum absolute atomic E-state index is 0.108. The minimum atomic E-state index is -0.133. The van der Waals surface area contributed by atoms with Crippen molar-refractivity contribution in [3.63, 3.8) is 0 Å². The van der Waals surface area contributed by atoms with Gasteiger partial charge in [-0.3, -0.25) is 4.79 Å². The van der Waals surface area contributed by atoms with Crippen LogP contribution in [0.25, 0.3) is 6.08 Å². The molecule has 0 bridgehead atoms. The molecule has 0 atom stereocenters. The van der Waals surface area contributed by atoms with Crippen LogP contribution in [-0.4, -0.2) is 12.6 Å². The lowest BCUT2D eigenvalue weighted by Crippen LogP contribution is -2.25. The Morgan fingerprint density at radius 2 is 1.95 bits per heavy atom. The first-order valence-electron chi connectivity index (χ1n) is 6.79. The van der Waals surface area contributed by atoms with Gasteiger partial charge < -0.3 is 9.47 Å². The highest BCUT2D eigenvalue weighted by molar-refractivity contribution is 6.09. The lowest BCUT2D eigenvalue weighted by Gasteiger charge is -2.31. The number of hydrogen-bond acceptors (Lipinski definition) is 3. The maximum atomic E-state index is 12.3. The zero-order chi connectivity index (χ0) is 14.3. The van der Waals surface area contributed by atoms with E-state index >= 15 is 0 Å². The lowest BCUT2D eigenvalue weighted by molar-refractivity contribution is -0.112. The molecule has 3 nitrogen and oxygen atoms in total. The van der Waals surface area contributed by atoms with Crippen molar-refractivity contribution >= 4 is 11.9 Å². The summed E-state index contributed by atoms with van der Waals surface area (Å²) in [5, 5.41) is 0. The highest BCUT2D eigenvalue weighted by atomic mass is 16.7. The Kier molecular flexibility index (Phi) is 2.93. The zero-order valence-corrected chi connectivity index (χ0v) is 12.0. The van der Waals surface area contributed by atoms with Crippen LogP contribution in [0.1, 0.15) is 32.8 Å². The van der Waals surface area contributed by atoms with E-state index < -0.39 is 0 Å². The third-order valence-corrected chi connectivity index (χ3v) is 3.80. The first kappa shape index (κ1) is 13.0. The predicted molar refractivity (Wildman–Crippen MR) is 77.7 cm³/mol. The SMILES string of the molecule is CC1=CC(=O)C(=Cc2ccc3c(c2)OCO3)C(C)(C)C1. The van der Waals surface area contributed by atoms with Crippen molar-refractivity contribution in [3.8, 4) is 11.5 Å². The molecule has 2 aliphatic rings. The molecule has 104 valence electrons. The maximum absolute atomic E-state index is 12.3. The smallest absolute Gasteiger partial charge is 0.231 e. The van der Waals surface area contributed by atoms with Crippen molar-refractivity contribution < 1.29 is 14.3 Å². The number of ether oxygens (including phenoxy) is 2. The summed E-state index contributed by atoms with van der Waals surface area (Å²) in [5.41, 5.74) is 2.83. The fourth-order valence-electron chi connectivity index (χ4n) is 2.91. The van der Waals surface area contributed by atoms with E-state index in [2.05, 4.69) is 13.8 Å². The van der Waals surface area contributed by atoms with E-state index in [1.54, 1.807) is 6.08 Å². The van der Waals surface area contributed by atoms with Crippen LogP contribution in [0.3, 0.4) is 0 Å². The van der Waals surface area contributed by atoms with E-state index in [0.29, 0.717) is 0 Å². The van der Waals surface area contributed by atoms with Crippen molar-refractivity contribution in [2.75, 3.05) is 6.79 Å². The Balaban J connectivity index is 2.01. The number of fused-ring (bicyclic) bond motifs is 1. The number of carbonyl (C=O) groups is 1. The molecule has 0 N–H and O–H groups in total. The average Bonchev–Trinajstić information content (AvgIpc) is 2.80. The number of allylic oxidation sites excluding steroid dienone is 3. The largest absolute Gasteiger partial charge is 0.454 e. The fourth-order valence-corrected chi connectivity index (χ4v) is 2.91. The molecule has 3 heteroatoms. The van der Waals surface area contributed by atoms with Gasteiger partial charge in [-0.25, -0.2) is 0 Å². The second-order valence-corrected chi connectivity index (χ2v) is 6.09. The third-order valence-electron chi connectivity index (χ3n) is 3.80. The van der Waals surface area contributed by atoms with Crippen molar-refractivity contribution in [2.45, 2.75) is 27.2 Å². The molecule has 0 spiro atoms. The van der Waals surface area contributed by atoms with Crippen molar-refractivity contribution in [1.82, 2.24) is 0 Å². The van der Waals surface area contributed by atoms with E-state index in [4.69, 9.17) is 9.47 Å². The summed E-state index contributed by atoms with van der Waals surface area (Å²) in [7, 11) is 0. The molecule has 1 aromatic carbocycles. The monoisotopic (exact) mass is 270 g/mol. The highest BCUT2D eigenvalue weighted by Gasteiger charge is 2.31. The van der Waals surface area contributed by atoms with Crippen molar-refractivity contribution in [2.24, 2.45) is 5.41 Å². The molecule has 1 heterocycles. The normalized spacial score (nSPS) is 22.1. The van der Waals surface area contributed by atoms with Gasteiger partial charge in [0.2, 0.25) is 6.79 Å². The predicted octanol–water partition coefficient (Wildman–Crippen LogP) is 3.74. The Morgan fingerprint density at radius 3 is 2.70 bits per heavy atom. The second kappa shape index (κ2) is 4.51. The molecule has 1 aromatic rings. The van der Waals surface area contributed by atoms with Crippen LogP contribution in [0.5, 0.6) is 11.5 Å². The van der Waals surface area contributed by atoms with Gasteiger partial charge in [-0.15, -0.1) is 0 Å². The number of rotatable bonds is 1. The van der Waals surface area contributed by atoms with E-state index in [-0.39, 0.29) is 18.0 Å². The Hall–Kier alpha value is -2.03. The second-order valence-electron chi connectivity index (χ2n) is 6.09. The fraction of sp³-hybridized carbons (Fsp3) is 0.353. The Morgan fingerprint density at radius 1 is 1.20 bits per heavy atom. The van der Waals surface area contributed by atoms with Crippen molar-refractivity contribution in [1.29, 1.82) is 0 Å². The number of ketones is 1. The highest BCUT2D eigenvalue weighted by Crippen LogP contribution is 2.40. The number of carbonyl (C=O) groups excluding carboxylic acids is 1. The lowest BCUT2D eigenvalue weighted by atomic mass is 9.72. The topological polar surface area (TPSA) is 35.5 Å². The van der Waals surface area contributed by atoms with Gasteiger partial charge in [-0.05, 0) is 48.6 Å². The molecule has 0 aromatic heterocycles. The number of benzene rings is 1. The van der Waals surface area contributed by atoms with Gasteiger partial charge in [0, 0.05) is 5.57 Å². The van der Waals surface area contributed by atoms with Crippen LogP contribution < -0.4 is 9.47 Å². The van der Waals surface area contributed by atoms with Crippen LogP contribution >= 0.6 is 0 Å². The molecular weight excluding hydrogens is 252 g/mol. The van der Waals surface area contributed by atoms with Gasteiger partial charge in [0.25, 0.3) is 0 Å². The van der Waals surface area contributed by atoms with E-state index in [0.717, 1.165) is 34.6 Å².